The molecule has 0 N–H and O–H groups in total. The summed E-state index contributed by atoms with van der Waals surface area (Å²) in [7, 11) is -3.25. The molecule has 1 fully saturated rings. The van der Waals surface area contributed by atoms with Gasteiger partial charge in [-0.25, -0.2) is 12.7 Å². The number of anilines is 1. The van der Waals surface area contributed by atoms with Gasteiger partial charge in [0, 0.05) is 13.1 Å². The van der Waals surface area contributed by atoms with E-state index in [1.807, 2.05) is 24.3 Å². The van der Waals surface area contributed by atoms with E-state index in [0.29, 0.717) is 25.4 Å². The van der Waals surface area contributed by atoms with Gasteiger partial charge in [0.1, 0.15) is 12.4 Å². The Balaban J connectivity index is 1.80. The van der Waals surface area contributed by atoms with Crippen molar-refractivity contribution in [3.8, 4) is 5.75 Å². The van der Waals surface area contributed by atoms with Gasteiger partial charge in [-0.05, 0) is 25.0 Å². The van der Waals surface area contributed by atoms with Gasteiger partial charge in [-0.1, -0.05) is 12.1 Å². The minimum absolute atomic E-state index is 0.0101. The van der Waals surface area contributed by atoms with Gasteiger partial charge in [-0.2, -0.15) is 0 Å². The number of carbonyl (C=O) groups excluding carboxylic acids is 1. The Kier molecular flexibility index (Phi) is 4.10. The highest BCUT2D eigenvalue weighted by atomic mass is 32.2. The van der Waals surface area contributed by atoms with Crippen LogP contribution in [0.2, 0.25) is 0 Å². The number of hydrogen-bond donors (Lipinski definition) is 0. The van der Waals surface area contributed by atoms with Crippen molar-refractivity contribution in [2.45, 2.75) is 12.8 Å². The number of ether oxygens (including phenoxy) is 1. The van der Waals surface area contributed by atoms with Crippen molar-refractivity contribution in [1.29, 1.82) is 0 Å². The fourth-order valence-electron chi connectivity index (χ4n) is 3.06. The zero-order valence-corrected chi connectivity index (χ0v) is 13.4. The van der Waals surface area contributed by atoms with E-state index in [9.17, 15) is 13.2 Å². The van der Waals surface area contributed by atoms with E-state index in [2.05, 4.69) is 0 Å². The van der Waals surface area contributed by atoms with E-state index < -0.39 is 10.0 Å². The maximum Gasteiger partial charge on any atom is 0.231 e. The summed E-state index contributed by atoms with van der Waals surface area (Å²) in [5.74, 6) is 0.414. The topological polar surface area (TPSA) is 66.9 Å². The number of sulfonamides is 1. The molecule has 2 aliphatic heterocycles. The number of hydrogen-bond acceptors (Lipinski definition) is 4. The zero-order valence-electron chi connectivity index (χ0n) is 12.6. The maximum atomic E-state index is 12.8. The van der Waals surface area contributed by atoms with Gasteiger partial charge in [0.2, 0.25) is 15.9 Å². The summed E-state index contributed by atoms with van der Waals surface area (Å²) in [6.45, 7) is 1.75. The van der Waals surface area contributed by atoms with Crippen molar-refractivity contribution >= 4 is 21.6 Å². The highest BCUT2D eigenvalue weighted by Gasteiger charge is 2.34. The summed E-state index contributed by atoms with van der Waals surface area (Å²) in [5, 5.41) is 0. The van der Waals surface area contributed by atoms with Gasteiger partial charge in [-0.15, -0.1) is 0 Å². The standard InChI is InChI=1S/C15H20N2O4S/c1-22(19,20)16-8-4-5-12(11-16)15(18)17-9-10-21-14-7-3-2-6-13(14)17/h2-3,6-7,12H,4-5,8-11H2,1H3/t12-/m0/s1. The normalized spacial score (nSPS) is 22.8. The molecule has 1 amide bonds. The Morgan fingerprint density at radius 2 is 2.05 bits per heavy atom. The van der Waals surface area contributed by atoms with Crippen LogP contribution in [0.25, 0.3) is 0 Å². The lowest BCUT2D eigenvalue weighted by molar-refractivity contribution is -0.123. The second-order valence-electron chi connectivity index (χ2n) is 5.77. The van der Waals surface area contributed by atoms with Crippen LogP contribution in [-0.4, -0.2) is 51.1 Å². The quantitative estimate of drug-likeness (QED) is 0.816. The highest BCUT2D eigenvalue weighted by molar-refractivity contribution is 7.88. The average molecular weight is 324 g/mol. The fraction of sp³-hybridized carbons (Fsp3) is 0.533. The molecule has 0 aromatic heterocycles. The Hall–Kier alpha value is -1.60. The Labute approximate surface area is 130 Å². The molecular weight excluding hydrogens is 304 g/mol. The number of rotatable bonds is 2. The van der Waals surface area contributed by atoms with Crippen LogP contribution in [0.1, 0.15) is 12.8 Å². The van der Waals surface area contributed by atoms with E-state index in [4.69, 9.17) is 4.74 Å². The van der Waals surface area contributed by atoms with E-state index in [1.165, 1.54) is 10.6 Å². The number of para-hydroxylation sites is 2. The first kappa shape index (κ1) is 15.3. The monoisotopic (exact) mass is 324 g/mol. The lowest BCUT2D eigenvalue weighted by atomic mass is 9.97. The summed E-state index contributed by atoms with van der Waals surface area (Å²) in [4.78, 5) is 14.6. The van der Waals surface area contributed by atoms with Crippen LogP contribution in [0.3, 0.4) is 0 Å². The minimum Gasteiger partial charge on any atom is -0.490 e. The van der Waals surface area contributed by atoms with Crippen LogP contribution in [0.15, 0.2) is 24.3 Å². The molecule has 6 nitrogen and oxygen atoms in total. The first-order valence-corrected chi connectivity index (χ1v) is 9.30. The molecule has 7 heteroatoms. The lowest BCUT2D eigenvalue weighted by Gasteiger charge is -2.35. The summed E-state index contributed by atoms with van der Waals surface area (Å²) < 4.78 is 30.4. The Morgan fingerprint density at radius 3 is 2.82 bits per heavy atom. The fourth-order valence-corrected chi connectivity index (χ4v) is 3.98. The van der Waals surface area contributed by atoms with E-state index in [-0.39, 0.29) is 18.4 Å². The third kappa shape index (κ3) is 2.96. The smallest absolute Gasteiger partial charge is 0.231 e. The molecule has 120 valence electrons. The summed E-state index contributed by atoms with van der Waals surface area (Å²) >= 11 is 0. The average Bonchev–Trinajstić information content (AvgIpc) is 2.53. The molecule has 1 saturated heterocycles. The third-order valence-electron chi connectivity index (χ3n) is 4.20. The molecule has 0 unspecified atom stereocenters. The molecule has 1 aromatic rings. The maximum absolute atomic E-state index is 12.8. The predicted octanol–water partition coefficient (Wildman–Crippen LogP) is 1.08. The molecule has 0 saturated carbocycles. The number of carbonyl (C=O) groups is 1. The Bertz CT molecular complexity index is 674. The van der Waals surface area contributed by atoms with Crippen molar-refractivity contribution < 1.29 is 17.9 Å². The molecule has 1 atom stereocenters. The van der Waals surface area contributed by atoms with E-state index >= 15 is 0 Å². The molecular formula is C15H20N2O4S. The number of piperidine rings is 1. The second kappa shape index (κ2) is 5.89. The van der Waals surface area contributed by atoms with Gasteiger partial charge in [-0.3, -0.25) is 4.79 Å². The van der Waals surface area contributed by atoms with Crippen molar-refractivity contribution in [3.05, 3.63) is 24.3 Å². The molecule has 3 rings (SSSR count). The number of nitrogens with zero attached hydrogens (tertiary/aromatic N) is 2. The molecule has 0 radical (unpaired) electrons. The summed E-state index contributed by atoms with van der Waals surface area (Å²) in [6.07, 6.45) is 2.64. The van der Waals surface area contributed by atoms with E-state index in [1.54, 1.807) is 4.90 Å². The summed E-state index contributed by atoms with van der Waals surface area (Å²) in [6, 6.07) is 7.46. The Morgan fingerprint density at radius 1 is 1.27 bits per heavy atom. The highest BCUT2D eigenvalue weighted by Crippen LogP contribution is 2.33. The number of fused-ring (bicyclic) bond motifs is 1. The number of amides is 1. The van der Waals surface area contributed by atoms with Gasteiger partial charge in [0.15, 0.2) is 0 Å². The summed E-state index contributed by atoms with van der Waals surface area (Å²) in [5.41, 5.74) is 0.773. The number of benzene rings is 1. The molecule has 0 bridgehead atoms. The van der Waals surface area contributed by atoms with Crippen LogP contribution in [-0.2, 0) is 14.8 Å². The second-order valence-corrected chi connectivity index (χ2v) is 7.75. The van der Waals surface area contributed by atoms with Crippen molar-refractivity contribution in [2.24, 2.45) is 5.92 Å². The molecule has 2 heterocycles. The molecule has 1 aromatic carbocycles. The molecule has 22 heavy (non-hydrogen) atoms. The first-order chi connectivity index (χ1) is 10.5. The van der Waals surface area contributed by atoms with Gasteiger partial charge < -0.3 is 9.64 Å². The van der Waals surface area contributed by atoms with Crippen LogP contribution >= 0.6 is 0 Å². The van der Waals surface area contributed by atoms with Crippen molar-refractivity contribution in [1.82, 2.24) is 4.31 Å². The van der Waals surface area contributed by atoms with Gasteiger partial charge in [0.05, 0.1) is 24.4 Å². The van der Waals surface area contributed by atoms with Crippen LogP contribution in [0.4, 0.5) is 5.69 Å². The van der Waals surface area contributed by atoms with Gasteiger partial charge >= 0.3 is 0 Å². The molecule has 2 aliphatic rings. The van der Waals surface area contributed by atoms with Crippen LogP contribution in [0.5, 0.6) is 5.75 Å². The zero-order chi connectivity index (χ0) is 15.7. The van der Waals surface area contributed by atoms with Crippen LogP contribution < -0.4 is 9.64 Å². The first-order valence-electron chi connectivity index (χ1n) is 7.45. The molecule has 0 spiro atoms. The van der Waals surface area contributed by atoms with E-state index in [0.717, 1.165) is 18.5 Å². The van der Waals surface area contributed by atoms with Crippen molar-refractivity contribution in [3.63, 3.8) is 0 Å². The van der Waals surface area contributed by atoms with Crippen molar-refractivity contribution in [2.75, 3.05) is 37.4 Å². The predicted molar refractivity (Wildman–Crippen MR) is 83.4 cm³/mol. The molecule has 0 aliphatic carbocycles. The third-order valence-corrected chi connectivity index (χ3v) is 5.47. The van der Waals surface area contributed by atoms with Crippen LogP contribution in [0, 0.1) is 5.92 Å². The SMILES string of the molecule is CS(=O)(=O)N1CCC[C@H](C(=O)N2CCOc3ccccc32)C1. The minimum atomic E-state index is -3.25. The largest absolute Gasteiger partial charge is 0.490 e. The van der Waals surface area contributed by atoms with Gasteiger partial charge in [0.25, 0.3) is 0 Å². The lowest BCUT2D eigenvalue weighted by Crippen LogP contribution is -2.48.